The van der Waals surface area contributed by atoms with Gasteiger partial charge in [-0.25, -0.2) is 0 Å². The Morgan fingerprint density at radius 3 is 2.54 bits per heavy atom. The molecule has 0 aliphatic heterocycles. The Morgan fingerprint density at radius 1 is 1.46 bits per heavy atom. The molecule has 0 saturated carbocycles. The molecule has 0 aliphatic carbocycles. The summed E-state index contributed by atoms with van der Waals surface area (Å²) in [6.07, 6.45) is 1.04. The van der Waals surface area contributed by atoms with Crippen molar-refractivity contribution in [2.24, 2.45) is 5.73 Å². The van der Waals surface area contributed by atoms with Gasteiger partial charge in [0, 0.05) is 27.8 Å². The Balaban J connectivity index is 3.41. The van der Waals surface area contributed by atoms with Gasteiger partial charge in [-0.05, 0) is 31.8 Å². The summed E-state index contributed by atoms with van der Waals surface area (Å²) in [6, 6.07) is 0. The molecule has 0 aliphatic rings. The Hall–Kier alpha value is 0.460. The smallest absolute Gasteiger partial charge is 0.0409 e. The highest BCUT2D eigenvalue weighted by Crippen LogP contribution is 2.04. The summed E-state index contributed by atoms with van der Waals surface area (Å²) in [5.74, 6) is 3.68. The first kappa shape index (κ1) is 13.5. The number of hydrogen-bond acceptors (Lipinski definition) is 3. The number of rotatable bonds is 7. The standard InChI is InChI=1S/C9H21NOS2/c1-4-12-6-5-7-13(11)8-9(2,3)10/h4-8,10H2,1-3H3. The van der Waals surface area contributed by atoms with E-state index in [2.05, 4.69) is 6.92 Å². The zero-order valence-corrected chi connectivity index (χ0v) is 10.5. The molecule has 0 bridgehead atoms. The highest BCUT2D eigenvalue weighted by Gasteiger charge is 2.14. The van der Waals surface area contributed by atoms with Gasteiger partial charge in [-0.15, -0.1) is 0 Å². The van der Waals surface area contributed by atoms with Crippen LogP contribution in [0.2, 0.25) is 0 Å². The van der Waals surface area contributed by atoms with Crippen molar-refractivity contribution >= 4 is 22.6 Å². The van der Waals surface area contributed by atoms with Gasteiger partial charge in [0.15, 0.2) is 0 Å². The van der Waals surface area contributed by atoms with Crippen LogP contribution in [0.3, 0.4) is 0 Å². The van der Waals surface area contributed by atoms with Crippen molar-refractivity contribution in [3.63, 3.8) is 0 Å². The first-order valence-electron chi connectivity index (χ1n) is 4.67. The van der Waals surface area contributed by atoms with Gasteiger partial charge in [-0.3, -0.25) is 4.21 Å². The predicted molar refractivity (Wildman–Crippen MR) is 63.8 cm³/mol. The maximum absolute atomic E-state index is 11.4. The van der Waals surface area contributed by atoms with Crippen molar-refractivity contribution in [1.82, 2.24) is 0 Å². The molecule has 4 heteroatoms. The molecule has 0 rings (SSSR count). The Kier molecular flexibility index (Phi) is 7.09. The summed E-state index contributed by atoms with van der Waals surface area (Å²) < 4.78 is 11.4. The molecule has 0 spiro atoms. The van der Waals surface area contributed by atoms with Crippen LogP contribution in [0, 0.1) is 0 Å². The van der Waals surface area contributed by atoms with Gasteiger partial charge >= 0.3 is 0 Å². The number of hydrogen-bond donors (Lipinski definition) is 1. The maximum atomic E-state index is 11.4. The average molecular weight is 223 g/mol. The molecule has 0 aromatic rings. The molecule has 0 radical (unpaired) electrons. The van der Waals surface area contributed by atoms with E-state index in [9.17, 15) is 4.21 Å². The number of thioether (sulfide) groups is 1. The second-order valence-corrected chi connectivity index (χ2v) is 6.80. The molecular formula is C9H21NOS2. The lowest BCUT2D eigenvalue weighted by atomic mass is 10.1. The van der Waals surface area contributed by atoms with E-state index < -0.39 is 10.8 Å². The summed E-state index contributed by atoms with van der Waals surface area (Å²) >= 11 is 1.90. The third-order valence-electron chi connectivity index (χ3n) is 1.40. The van der Waals surface area contributed by atoms with Gasteiger partial charge in [-0.2, -0.15) is 11.8 Å². The normalized spacial score (nSPS) is 14.5. The topological polar surface area (TPSA) is 43.1 Å². The molecule has 2 nitrogen and oxygen atoms in total. The van der Waals surface area contributed by atoms with Crippen LogP contribution in [0.4, 0.5) is 0 Å². The molecular weight excluding hydrogens is 202 g/mol. The Labute approximate surface area is 88.5 Å². The molecule has 80 valence electrons. The van der Waals surface area contributed by atoms with Crippen LogP contribution in [0.5, 0.6) is 0 Å². The van der Waals surface area contributed by atoms with Crippen LogP contribution in [0.15, 0.2) is 0 Å². The van der Waals surface area contributed by atoms with Crippen LogP contribution < -0.4 is 5.73 Å². The summed E-state index contributed by atoms with van der Waals surface area (Å²) in [5, 5.41) is 0. The van der Waals surface area contributed by atoms with Gasteiger partial charge in [-0.1, -0.05) is 6.92 Å². The van der Waals surface area contributed by atoms with Crippen molar-refractivity contribution in [2.75, 3.05) is 23.0 Å². The third kappa shape index (κ3) is 10.4. The minimum absolute atomic E-state index is 0.289. The van der Waals surface area contributed by atoms with E-state index in [1.54, 1.807) is 0 Å². The van der Waals surface area contributed by atoms with Gasteiger partial charge in [0.1, 0.15) is 0 Å². The van der Waals surface area contributed by atoms with Gasteiger partial charge < -0.3 is 5.73 Å². The molecule has 13 heavy (non-hydrogen) atoms. The van der Waals surface area contributed by atoms with Crippen molar-refractivity contribution < 1.29 is 4.21 Å². The summed E-state index contributed by atoms with van der Waals surface area (Å²) in [4.78, 5) is 0. The third-order valence-corrected chi connectivity index (χ3v) is 4.19. The molecule has 0 heterocycles. The summed E-state index contributed by atoms with van der Waals surface area (Å²) in [6.45, 7) is 5.99. The predicted octanol–water partition coefficient (Wildman–Crippen LogP) is 1.62. The first-order chi connectivity index (χ1) is 5.95. The highest BCUT2D eigenvalue weighted by molar-refractivity contribution is 7.99. The SMILES string of the molecule is CCSCCCS(=O)CC(C)(C)N. The first-order valence-corrected chi connectivity index (χ1v) is 7.31. The monoisotopic (exact) mass is 223 g/mol. The minimum Gasteiger partial charge on any atom is -0.325 e. The molecule has 0 fully saturated rings. The molecule has 0 aromatic heterocycles. The quantitative estimate of drug-likeness (QED) is 0.667. The van der Waals surface area contributed by atoms with Crippen LogP contribution in [-0.2, 0) is 10.8 Å². The molecule has 0 amide bonds. The second-order valence-electron chi connectivity index (χ2n) is 3.83. The zero-order valence-electron chi connectivity index (χ0n) is 8.84. The lowest BCUT2D eigenvalue weighted by Crippen LogP contribution is -2.38. The van der Waals surface area contributed by atoms with E-state index >= 15 is 0 Å². The molecule has 0 saturated heterocycles. The molecule has 1 atom stereocenters. The average Bonchev–Trinajstić information content (AvgIpc) is 1.94. The summed E-state index contributed by atoms with van der Waals surface area (Å²) in [5.41, 5.74) is 5.48. The van der Waals surface area contributed by atoms with Crippen molar-refractivity contribution in [1.29, 1.82) is 0 Å². The maximum Gasteiger partial charge on any atom is 0.0409 e. The Bertz CT molecular complexity index is 154. The minimum atomic E-state index is -0.731. The van der Waals surface area contributed by atoms with Crippen LogP contribution in [-0.4, -0.2) is 32.8 Å². The van der Waals surface area contributed by atoms with E-state index in [-0.39, 0.29) is 5.54 Å². The fourth-order valence-corrected chi connectivity index (χ4v) is 3.21. The molecule has 1 unspecified atom stereocenters. The lowest BCUT2D eigenvalue weighted by Gasteiger charge is -2.17. The van der Waals surface area contributed by atoms with E-state index in [0.29, 0.717) is 5.75 Å². The van der Waals surface area contributed by atoms with Crippen molar-refractivity contribution in [2.45, 2.75) is 32.7 Å². The van der Waals surface area contributed by atoms with E-state index in [1.807, 2.05) is 25.6 Å². The number of nitrogens with two attached hydrogens (primary N) is 1. The van der Waals surface area contributed by atoms with Crippen LogP contribution >= 0.6 is 11.8 Å². The molecule has 2 N–H and O–H groups in total. The molecule has 0 aromatic carbocycles. The Morgan fingerprint density at radius 2 is 2.08 bits per heavy atom. The fourth-order valence-electron chi connectivity index (χ4n) is 0.953. The van der Waals surface area contributed by atoms with Crippen LogP contribution in [0.25, 0.3) is 0 Å². The van der Waals surface area contributed by atoms with Gasteiger partial charge in [0.05, 0.1) is 0 Å². The van der Waals surface area contributed by atoms with Crippen LogP contribution in [0.1, 0.15) is 27.2 Å². The van der Waals surface area contributed by atoms with Gasteiger partial charge in [0.25, 0.3) is 0 Å². The second kappa shape index (κ2) is 6.85. The zero-order chi connectivity index (χ0) is 10.3. The van der Waals surface area contributed by atoms with Crippen molar-refractivity contribution in [3.8, 4) is 0 Å². The van der Waals surface area contributed by atoms with E-state index in [0.717, 1.165) is 23.7 Å². The van der Waals surface area contributed by atoms with Crippen molar-refractivity contribution in [3.05, 3.63) is 0 Å². The highest BCUT2D eigenvalue weighted by atomic mass is 32.2. The van der Waals surface area contributed by atoms with E-state index in [1.165, 1.54) is 0 Å². The van der Waals surface area contributed by atoms with Gasteiger partial charge in [0.2, 0.25) is 0 Å². The lowest BCUT2D eigenvalue weighted by molar-refractivity contribution is 0.577. The summed E-state index contributed by atoms with van der Waals surface area (Å²) in [7, 11) is -0.731. The van der Waals surface area contributed by atoms with E-state index in [4.69, 9.17) is 5.73 Å². The largest absolute Gasteiger partial charge is 0.325 e. The fraction of sp³-hybridized carbons (Fsp3) is 1.00.